The molecule has 62 heavy (non-hydrogen) atoms. The average molecular weight is 796 g/mol. The van der Waals surface area contributed by atoms with Crippen LogP contribution < -0.4 is 0 Å². The molecule has 6 aromatic carbocycles. The highest BCUT2D eigenvalue weighted by Crippen LogP contribution is 2.47. The van der Waals surface area contributed by atoms with E-state index in [2.05, 4.69) is 177 Å². The molecule has 12 rings (SSSR count). The number of benzene rings is 6. The molecule has 5 aromatic heterocycles. The van der Waals surface area contributed by atoms with Crippen LogP contribution in [0.3, 0.4) is 0 Å². The first kappa shape index (κ1) is 35.6. The zero-order valence-electron chi connectivity index (χ0n) is 33.5. The van der Waals surface area contributed by atoms with E-state index in [4.69, 9.17) is 15.0 Å². The van der Waals surface area contributed by atoms with Crippen LogP contribution in [0.15, 0.2) is 207 Å². The van der Waals surface area contributed by atoms with Gasteiger partial charge >= 0.3 is 0 Å². The van der Waals surface area contributed by atoms with E-state index < -0.39 is 0 Å². The summed E-state index contributed by atoms with van der Waals surface area (Å²) in [5.74, 6) is 1.64. The van der Waals surface area contributed by atoms with Crippen LogP contribution in [0.25, 0.3) is 106 Å². The van der Waals surface area contributed by atoms with Crippen LogP contribution >= 0.6 is 0 Å². The molecule has 292 valence electrons. The monoisotopic (exact) mass is 795 g/mol. The smallest absolute Gasteiger partial charge is 0.165 e. The maximum absolute atomic E-state index is 5.17. The lowest BCUT2D eigenvalue weighted by atomic mass is 9.92. The van der Waals surface area contributed by atoms with Crippen LogP contribution in [-0.2, 0) is 0 Å². The molecule has 11 aromatic rings. The Labute approximate surface area is 357 Å². The second-order valence-corrected chi connectivity index (χ2v) is 15.7. The predicted octanol–water partition coefficient (Wildman–Crippen LogP) is 13.3. The Morgan fingerprint density at radius 2 is 1.02 bits per heavy atom. The minimum Gasteiger partial charge on any atom is -0.333 e. The van der Waals surface area contributed by atoms with Gasteiger partial charge in [-0.05, 0) is 72.1 Å². The van der Waals surface area contributed by atoms with Crippen LogP contribution in [0.4, 0.5) is 0 Å². The Bertz CT molecular complexity index is 3420. The van der Waals surface area contributed by atoms with Gasteiger partial charge in [0.15, 0.2) is 17.5 Å². The van der Waals surface area contributed by atoms with Gasteiger partial charge in [-0.1, -0.05) is 127 Å². The largest absolute Gasteiger partial charge is 0.333 e. The van der Waals surface area contributed by atoms with E-state index in [0.29, 0.717) is 17.5 Å². The number of pyridine rings is 2. The van der Waals surface area contributed by atoms with Crippen LogP contribution in [0.1, 0.15) is 12.5 Å². The Kier molecular flexibility index (Phi) is 8.49. The summed E-state index contributed by atoms with van der Waals surface area (Å²) in [5, 5.41) is 4.95. The van der Waals surface area contributed by atoms with E-state index in [9.17, 15) is 0 Å². The molecule has 1 unspecified atom stereocenters. The first-order valence-electron chi connectivity index (χ1n) is 20.9. The highest BCUT2D eigenvalue weighted by molar-refractivity contribution is 6.26. The lowest BCUT2D eigenvalue weighted by Gasteiger charge is -2.21. The Morgan fingerprint density at radius 1 is 0.452 bits per heavy atom. The number of rotatable bonds is 7. The van der Waals surface area contributed by atoms with Gasteiger partial charge < -0.3 is 9.13 Å². The number of aromatic nitrogens is 7. The third kappa shape index (κ3) is 5.85. The van der Waals surface area contributed by atoms with Crippen LogP contribution in [0.2, 0.25) is 0 Å². The van der Waals surface area contributed by atoms with Gasteiger partial charge in [0.2, 0.25) is 0 Å². The van der Waals surface area contributed by atoms with Crippen molar-refractivity contribution in [2.75, 3.05) is 0 Å². The van der Waals surface area contributed by atoms with E-state index in [-0.39, 0.29) is 6.04 Å². The van der Waals surface area contributed by atoms with Crippen molar-refractivity contribution in [1.82, 2.24) is 34.1 Å². The number of fused-ring (bicyclic) bond motifs is 7. The third-order valence-corrected chi connectivity index (χ3v) is 12.0. The number of hydrogen-bond donors (Lipinski definition) is 0. The maximum Gasteiger partial charge on any atom is 0.165 e. The molecular weight excluding hydrogens is 759 g/mol. The molecule has 7 nitrogen and oxygen atoms in total. The third-order valence-electron chi connectivity index (χ3n) is 12.0. The molecule has 0 saturated carbocycles. The molecule has 0 N–H and O–H groups in total. The summed E-state index contributed by atoms with van der Waals surface area (Å²) >= 11 is 0. The first-order chi connectivity index (χ1) is 30.8. The van der Waals surface area contributed by atoms with Crippen molar-refractivity contribution < 1.29 is 0 Å². The van der Waals surface area contributed by atoms with Gasteiger partial charge in [-0.25, -0.2) is 15.0 Å². The summed E-state index contributed by atoms with van der Waals surface area (Å²) in [6, 6.07) is 56.2. The zero-order chi connectivity index (χ0) is 41.0. The molecule has 7 heteroatoms. The van der Waals surface area contributed by atoms with Gasteiger partial charge in [0.05, 0.1) is 28.3 Å². The van der Waals surface area contributed by atoms with Crippen molar-refractivity contribution in [3.63, 3.8) is 0 Å². The standard InChI is InChI=1S/C55H37N7/c1-4-16-36(17-5-1)45-32-40(55-59-53(38-20-14-30-56-34-38)58-54(60-55)39-21-15-31-57-35-39)33-46(37-18-6-2-7-19-37)51(45)62-48-27-13-11-25-44(48)50-49(62)29-28-43-42-24-10-12-26-47(42)61(52(43)50)41-22-8-3-9-23-41/h1-22,24-35,41H,23H2. The minimum atomic E-state index is 0.183. The molecule has 5 heterocycles. The lowest BCUT2D eigenvalue weighted by molar-refractivity contribution is 0.649. The van der Waals surface area contributed by atoms with Crippen molar-refractivity contribution in [1.29, 1.82) is 0 Å². The molecule has 1 atom stereocenters. The van der Waals surface area contributed by atoms with E-state index in [1.807, 2.05) is 24.3 Å². The number of allylic oxidation sites excluding steroid dienone is 4. The van der Waals surface area contributed by atoms with Crippen molar-refractivity contribution >= 4 is 43.6 Å². The Hall–Kier alpha value is -8.29. The Morgan fingerprint density at radius 3 is 1.61 bits per heavy atom. The fourth-order valence-corrected chi connectivity index (χ4v) is 9.32. The fraction of sp³-hybridized carbons (Fsp3) is 0.0364. The van der Waals surface area contributed by atoms with Crippen molar-refractivity contribution in [3.8, 4) is 62.1 Å². The van der Waals surface area contributed by atoms with E-state index in [1.165, 1.54) is 32.6 Å². The fourth-order valence-electron chi connectivity index (χ4n) is 9.32. The summed E-state index contributed by atoms with van der Waals surface area (Å²) in [6.45, 7) is 0. The predicted molar refractivity (Wildman–Crippen MR) is 252 cm³/mol. The summed E-state index contributed by atoms with van der Waals surface area (Å²) in [5.41, 5.74) is 12.6. The molecule has 0 radical (unpaired) electrons. The van der Waals surface area contributed by atoms with Crippen LogP contribution in [-0.4, -0.2) is 34.1 Å². The van der Waals surface area contributed by atoms with Crippen molar-refractivity contribution in [2.45, 2.75) is 12.5 Å². The van der Waals surface area contributed by atoms with Crippen molar-refractivity contribution in [2.24, 2.45) is 0 Å². The topological polar surface area (TPSA) is 74.3 Å². The molecule has 0 saturated heterocycles. The van der Waals surface area contributed by atoms with Crippen molar-refractivity contribution in [3.05, 3.63) is 207 Å². The van der Waals surface area contributed by atoms with Gasteiger partial charge in [0.25, 0.3) is 0 Å². The van der Waals surface area contributed by atoms with Gasteiger partial charge in [0.1, 0.15) is 0 Å². The van der Waals surface area contributed by atoms with Gasteiger partial charge in [-0.15, -0.1) is 0 Å². The second kappa shape index (κ2) is 14.8. The molecule has 0 aliphatic heterocycles. The molecule has 0 fully saturated rings. The molecule has 0 bridgehead atoms. The summed E-state index contributed by atoms with van der Waals surface area (Å²) in [4.78, 5) is 24.1. The quantitative estimate of drug-likeness (QED) is 0.161. The highest BCUT2D eigenvalue weighted by Gasteiger charge is 2.26. The lowest BCUT2D eigenvalue weighted by Crippen LogP contribution is -2.07. The molecule has 0 amide bonds. The number of hydrogen-bond acceptors (Lipinski definition) is 5. The van der Waals surface area contributed by atoms with Gasteiger partial charge in [-0.2, -0.15) is 0 Å². The SMILES string of the molecule is C1=CCC(n2c3ccccc3c3ccc4c(c5ccccc5n4-c4c(-c5ccccc5)cc(-c5nc(-c6cccnc6)nc(-c6cccnc6)n5)cc4-c4ccccc4)c32)C=C1. The normalized spacial score (nSPS) is 13.8. The molecule has 1 aliphatic carbocycles. The zero-order valence-corrected chi connectivity index (χ0v) is 33.5. The second-order valence-electron chi connectivity index (χ2n) is 15.7. The van der Waals surface area contributed by atoms with Crippen LogP contribution in [0.5, 0.6) is 0 Å². The first-order valence-corrected chi connectivity index (χ1v) is 20.9. The Balaban J connectivity index is 1.21. The molecule has 0 spiro atoms. The average Bonchev–Trinajstić information content (AvgIpc) is 3.87. The highest BCUT2D eigenvalue weighted by atomic mass is 15.1. The summed E-state index contributed by atoms with van der Waals surface area (Å²) in [6.07, 6.45) is 17.0. The van der Waals surface area contributed by atoms with Gasteiger partial charge in [-0.3, -0.25) is 9.97 Å². The van der Waals surface area contributed by atoms with E-state index in [1.54, 1.807) is 24.8 Å². The molecular formula is C55H37N7. The van der Waals surface area contributed by atoms with Crippen LogP contribution in [0, 0.1) is 0 Å². The van der Waals surface area contributed by atoms with E-state index in [0.717, 1.165) is 62.1 Å². The molecule has 1 aliphatic rings. The summed E-state index contributed by atoms with van der Waals surface area (Å²) in [7, 11) is 0. The van der Waals surface area contributed by atoms with Gasteiger partial charge in [0, 0.05) is 79.7 Å². The van der Waals surface area contributed by atoms with E-state index >= 15 is 0 Å². The number of nitrogens with zero attached hydrogens (tertiary/aromatic N) is 7. The minimum absolute atomic E-state index is 0.183. The summed E-state index contributed by atoms with van der Waals surface area (Å²) < 4.78 is 5.07. The maximum atomic E-state index is 5.17. The number of para-hydroxylation sites is 2.